The molecule has 3 rings (SSSR count). The molecule has 0 atom stereocenters. The van der Waals surface area contributed by atoms with Gasteiger partial charge in [0.25, 0.3) is 0 Å². The van der Waals surface area contributed by atoms with Crippen LogP contribution in [0.3, 0.4) is 0 Å². The van der Waals surface area contributed by atoms with Crippen LogP contribution in [-0.2, 0) is 11.2 Å². The SMILES string of the molecule is CCc1c(C)sc(NC(=S)N2CCN(c3ccccc3)CC2)c1C(=O)OC. The summed E-state index contributed by atoms with van der Waals surface area (Å²) >= 11 is 7.20. The number of rotatable bonds is 4. The Morgan fingerprint density at radius 3 is 2.48 bits per heavy atom. The van der Waals surface area contributed by atoms with Gasteiger partial charge in [0.05, 0.1) is 12.7 Å². The van der Waals surface area contributed by atoms with Gasteiger partial charge in [0.2, 0.25) is 0 Å². The van der Waals surface area contributed by atoms with Gasteiger partial charge in [-0.05, 0) is 43.3 Å². The summed E-state index contributed by atoms with van der Waals surface area (Å²) in [5.41, 5.74) is 2.89. The summed E-state index contributed by atoms with van der Waals surface area (Å²) in [6, 6.07) is 10.4. The quantitative estimate of drug-likeness (QED) is 0.617. The highest BCUT2D eigenvalue weighted by Crippen LogP contribution is 2.34. The van der Waals surface area contributed by atoms with Crippen molar-refractivity contribution in [3.8, 4) is 0 Å². The first-order chi connectivity index (χ1) is 13.0. The number of hydrogen-bond acceptors (Lipinski definition) is 5. The zero-order valence-corrected chi connectivity index (χ0v) is 17.6. The van der Waals surface area contributed by atoms with Crippen LogP contribution in [0.1, 0.15) is 27.7 Å². The van der Waals surface area contributed by atoms with Crippen LogP contribution in [0.2, 0.25) is 0 Å². The van der Waals surface area contributed by atoms with Crippen molar-refractivity contribution in [3.05, 3.63) is 46.3 Å². The first-order valence-electron chi connectivity index (χ1n) is 9.11. The first-order valence-corrected chi connectivity index (χ1v) is 10.3. The fourth-order valence-electron chi connectivity index (χ4n) is 3.39. The fraction of sp³-hybridized carbons (Fsp3) is 0.400. The summed E-state index contributed by atoms with van der Waals surface area (Å²) < 4.78 is 4.99. The van der Waals surface area contributed by atoms with Gasteiger partial charge in [0.1, 0.15) is 5.00 Å². The molecule has 0 saturated carbocycles. The monoisotopic (exact) mass is 403 g/mol. The average Bonchev–Trinajstić information content (AvgIpc) is 3.02. The Balaban J connectivity index is 1.67. The highest BCUT2D eigenvalue weighted by Gasteiger charge is 2.25. The lowest BCUT2D eigenvalue weighted by Gasteiger charge is -2.37. The minimum absolute atomic E-state index is 0.310. The average molecular weight is 404 g/mol. The van der Waals surface area contributed by atoms with Crippen molar-refractivity contribution in [2.24, 2.45) is 0 Å². The number of aryl methyl sites for hydroxylation is 1. The second-order valence-corrected chi connectivity index (χ2v) is 8.04. The van der Waals surface area contributed by atoms with Crippen LogP contribution in [0.25, 0.3) is 0 Å². The molecule has 2 heterocycles. The third-order valence-corrected chi connectivity index (χ3v) is 6.28. The molecule has 1 aromatic carbocycles. The summed E-state index contributed by atoms with van der Waals surface area (Å²) in [4.78, 5) is 17.9. The van der Waals surface area contributed by atoms with Gasteiger partial charge in [-0.15, -0.1) is 11.3 Å². The Kier molecular flexibility index (Phi) is 6.34. The van der Waals surface area contributed by atoms with Gasteiger partial charge in [-0.25, -0.2) is 4.79 Å². The molecule has 27 heavy (non-hydrogen) atoms. The maximum Gasteiger partial charge on any atom is 0.341 e. The summed E-state index contributed by atoms with van der Waals surface area (Å²) in [5, 5.41) is 4.75. The molecular formula is C20H25N3O2S2. The van der Waals surface area contributed by atoms with Gasteiger partial charge in [-0.2, -0.15) is 0 Å². The number of thiocarbonyl (C=S) groups is 1. The fourth-order valence-corrected chi connectivity index (χ4v) is 4.87. The number of carbonyl (C=O) groups is 1. The molecule has 0 unspecified atom stereocenters. The molecule has 2 aromatic rings. The number of ether oxygens (including phenoxy) is 1. The Hall–Kier alpha value is -2.12. The van der Waals surface area contributed by atoms with Crippen LogP contribution in [0.15, 0.2) is 30.3 Å². The maximum atomic E-state index is 12.3. The normalized spacial score (nSPS) is 14.2. The molecule has 0 radical (unpaired) electrons. The number of nitrogens with one attached hydrogen (secondary N) is 1. The molecular weight excluding hydrogens is 378 g/mol. The van der Waals surface area contributed by atoms with E-state index < -0.39 is 0 Å². The minimum Gasteiger partial charge on any atom is -0.465 e. The number of para-hydroxylation sites is 1. The van der Waals surface area contributed by atoms with E-state index >= 15 is 0 Å². The molecule has 0 spiro atoms. The van der Waals surface area contributed by atoms with Gasteiger partial charge in [-0.3, -0.25) is 0 Å². The number of esters is 1. The molecule has 0 amide bonds. The molecule has 1 N–H and O–H groups in total. The third kappa shape index (κ3) is 4.25. The third-order valence-electron chi connectivity index (χ3n) is 4.86. The number of methoxy groups -OCH3 is 1. The standard InChI is InChI=1S/C20H25N3O2S2/c1-4-16-14(2)27-18(17(16)19(24)25-3)21-20(26)23-12-10-22(11-13-23)15-8-6-5-7-9-15/h5-9H,4,10-13H2,1-3H3,(H,21,26). The van der Waals surface area contributed by atoms with Crippen molar-refractivity contribution >= 4 is 45.3 Å². The molecule has 144 valence electrons. The minimum atomic E-state index is -0.310. The van der Waals surface area contributed by atoms with Crippen LogP contribution in [0.5, 0.6) is 0 Å². The van der Waals surface area contributed by atoms with E-state index in [0.717, 1.165) is 48.0 Å². The predicted molar refractivity (Wildman–Crippen MR) is 116 cm³/mol. The zero-order valence-electron chi connectivity index (χ0n) is 15.9. The van der Waals surface area contributed by atoms with E-state index in [-0.39, 0.29) is 5.97 Å². The number of nitrogens with zero attached hydrogens (tertiary/aromatic N) is 2. The van der Waals surface area contributed by atoms with Crippen LogP contribution >= 0.6 is 23.6 Å². The van der Waals surface area contributed by atoms with E-state index in [1.165, 1.54) is 12.8 Å². The van der Waals surface area contributed by atoms with Gasteiger partial charge in [0, 0.05) is 36.7 Å². The number of thiophene rings is 1. The molecule has 7 heteroatoms. The molecule has 5 nitrogen and oxygen atoms in total. The summed E-state index contributed by atoms with van der Waals surface area (Å²) in [6.45, 7) is 7.60. The molecule has 1 aliphatic rings. The van der Waals surface area contributed by atoms with Gasteiger partial charge < -0.3 is 19.9 Å². The van der Waals surface area contributed by atoms with Crippen LogP contribution in [0, 0.1) is 6.92 Å². The van der Waals surface area contributed by atoms with E-state index in [0.29, 0.717) is 10.7 Å². The van der Waals surface area contributed by atoms with Crippen molar-refractivity contribution in [1.29, 1.82) is 0 Å². The predicted octanol–water partition coefficient (Wildman–Crippen LogP) is 3.92. The molecule has 1 aliphatic heterocycles. The maximum absolute atomic E-state index is 12.3. The van der Waals surface area contributed by atoms with E-state index in [9.17, 15) is 4.79 Å². The van der Waals surface area contributed by atoms with Gasteiger partial charge in [-0.1, -0.05) is 25.1 Å². The Morgan fingerprint density at radius 2 is 1.89 bits per heavy atom. The molecule has 1 fully saturated rings. The van der Waals surface area contributed by atoms with E-state index in [1.54, 1.807) is 11.3 Å². The Bertz CT molecular complexity index is 812. The number of piperazine rings is 1. The number of benzene rings is 1. The van der Waals surface area contributed by atoms with E-state index in [4.69, 9.17) is 17.0 Å². The molecule has 0 aliphatic carbocycles. The summed E-state index contributed by atoms with van der Waals surface area (Å²) in [7, 11) is 1.42. The van der Waals surface area contributed by atoms with Crippen molar-refractivity contribution in [3.63, 3.8) is 0 Å². The number of hydrogen-bond donors (Lipinski definition) is 1. The van der Waals surface area contributed by atoms with Gasteiger partial charge in [0.15, 0.2) is 5.11 Å². The first kappa shape index (κ1) is 19.6. The van der Waals surface area contributed by atoms with Crippen LogP contribution in [0.4, 0.5) is 10.7 Å². The smallest absolute Gasteiger partial charge is 0.341 e. The van der Waals surface area contributed by atoms with Gasteiger partial charge >= 0.3 is 5.97 Å². The van der Waals surface area contributed by atoms with E-state index in [2.05, 4.69) is 39.4 Å². The summed E-state index contributed by atoms with van der Waals surface area (Å²) in [5.74, 6) is -0.310. The number of anilines is 2. The van der Waals surface area contributed by atoms with Crippen molar-refractivity contribution in [2.75, 3.05) is 43.5 Å². The Morgan fingerprint density at radius 1 is 1.22 bits per heavy atom. The van der Waals surface area contributed by atoms with Crippen molar-refractivity contribution in [1.82, 2.24) is 4.90 Å². The summed E-state index contributed by atoms with van der Waals surface area (Å²) in [6.07, 6.45) is 0.789. The zero-order chi connectivity index (χ0) is 19.4. The lowest BCUT2D eigenvalue weighted by Crippen LogP contribution is -2.50. The lowest BCUT2D eigenvalue weighted by atomic mass is 10.1. The highest BCUT2D eigenvalue weighted by atomic mass is 32.1. The largest absolute Gasteiger partial charge is 0.465 e. The van der Waals surface area contributed by atoms with Crippen molar-refractivity contribution < 1.29 is 9.53 Å². The Labute approximate surface area is 169 Å². The molecule has 1 saturated heterocycles. The topological polar surface area (TPSA) is 44.8 Å². The van der Waals surface area contributed by atoms with E-state index in [1.807, 2.05) is 19.9 Å². The molecule has 1 aromatic heterocycles. The second-order valence-electron chi connectivity index (χ2n) is 6.43. The highest BCUT2D eigenvalue weighted by molar-refractivity contribution is 7.80. The van der Waals surface area contributed by atoms with Crippen LogP contribution in [-0.4, -0.2) is 49.3 Å². The van der Waals surface area contributed by atoms with Crippen LogP contribution < -0.4 is 10.2 Å². The lowest BCUT2D eigenvalue weighted by molar-refractivity contribution is 0.0601. The number of carbonyl (C=O) groups excluding carboxylic acids is 1. The van der Waals surface area contributed by atoms with Crippen molar-refractivity contribution in [2.45, 2.75) is 20.3 Å². The second kappa shape index (κ2) is 8.71. The molecule has 0 bridgehead atoms.